The lowest BCUT2D eigenvalue weighted by molar-refractivity contribution is 0.0800. The maximum Gasteiger partial charge on any atom is 0.251 e. The molecule has 11 nitrogen and oxygen atoms in total. The first-order chi connectivity index (χ1) is 19.3. The predicted octanol–water partition coefficient (Wildman–Crippen LogP) is 3.54. The van der Waals surface area contributed by atoms with Gasteiger partial charge < -0.3 is 25.8 Å². The second-order valence-corrected chi connectivity index (χ2v) is 11.9. The van der Waals surface area contributed by atoms with Gasteiger partial charge in [-0.25, -0.2) is 0 Å². The van der Waals surface area contributed by atoms with Gasteiger partial charge in [0.1, 0.15) is 5.75 Å². The van der Waals surface area contributed by atoms with Crippen LogP contribution in [0.4, 0.5) is 11.4 Å². The van der Waals surface area contributed by atoms with E-state index in [4.69, 9.17) is 4.74 Å². The molecule has 1 fully saturated rings. The predicted molar refractivity (Wildman–Crippen MR) is 159 cm³/mol. The Hall–Kier alpha value is -3.29. The summed E-state index contributed by atoms with van der Waals surface area (Å²) < 4.78 is 29.9. The van der Waals surface area contributed by atoms with Crippen molar-refractivity contribution in [2.75, 3.05) is 42.1 Å². The topological polar surface area (TPSA) is 144 Å². The smallest absolute Gasteiger partial charge is 0.251 e. The molecule has 12 heteroatoms. The van der Waals surface area contributed by atoms with E-state index in [1.165, 1.54) is 0 Å². The molecular weight excluding hydrogens is 532 g/mol. The molecule has 2 atom stereocenters. The summed E-state index contributed by atoms with van der Waals surface area (Å²) >= 11 is 0. The van der Waals surface area contributed by atoms with Crippen molar-refractivity contribution in [3.8, 4) is 5.75 Å². The molecule has 40 heavy (non-hydrogen) atoms. The third-order valence-corrected chi connectivity index (χ3v) is 8.71. The van der Waals surface area contributed by atoms with Crippen LogP contribution in [0.15, 0.2) is 60.9 Å². The standard InChI is InChI=1S/C28H40N6O5S/c1-3-30-23-15-22(16-24(17-23)34-12-4-5-13-40(34,37)38)28(36)32-26(20-33-11-7-10-31-33)27(35)19-29-18-21-8-6-9-25(14-21)39-2/h6-11,14-17,26-27,29-30,35,37-38H,3-5,12-13,18-20H2,1-2H3,(H,32,36)/t26-,27+/m0/s1. The molecule has 2 heterocycles. The zero-order valence-corrected chi connectivity index (χ0v) is 23.8. The van der Waals surface area contributed by atoms with Crippen molar-refractivity contribution in [2.45, 2.75) is 45.0 Å². The average molecular weight is 573 g/mol. The number of anilines is 2. The van der Waals surface area contributed by atoms with Crippen LogP contribution in [0, 0.1) is 0 Å². The molecule has 1 aliphatic rings. The van der Waals surface area contributed by atoms with Gasteiger partial charge in [0.2, 0.25) is 0 Å². The van der Waals surface area contributed by atoms with Gasteiger partial charge in [-0.05, 0) is 61.7 Å². The number of nitrogens with one attached hydrogen (secondary N) is 3. The number of aliphatic hydroxyl groups excluding tert-OH is 1. The highest BCUT2D eigenvalue weighted by Crippen LogP contribution is 2.50. The fraction of sp³-hybridized carbons (Fsp3) is 0.429. The molecule has 0 bridgehead atoms. The first-order valence-corrected chi connectivity index (χ1v) is 15.2. The summed E-state index contributed by atoms with van der Waals surface area (Å²) in [5.74, 6) is 0.688. The Morgan fingerprint density at radius 2 is 2.02 bits per heavy atom. The molecule has 1 aromatic heterocycles. The molecule has 4 rings (SSSR count). The molecule has 218 valence electrons. The van der Waals surface area contributed by atoms with Gasteiger partial charge >= 0.3 is 0 Å². The maximum absolute atomic E-state index is 13.6. The first-order valence-electron chi connectivity index (χ1n) is 13.5. The van der Waals surface area contributed by atoms with E-state index in [9.17, 15) is 19.0 Å². The number of amides is 1. The largest absolute Gasteiger partial charge is 0.497 e. The summed E-state index contributed by atoms with van der Waals surface area (Å²) in [6.45, 7) is 4.12. The van der Waals surface area contributed by atoms with E-state index in [2.05, 4.69) is 21.0 Å². The Morgan fingerprint density at radius 3 is 2.75 bits per heavy atom. The van der Waals surface area contributed by atoms with Crippen molar-refractivity contribution in [2.24, 2.45) is 0 Å². The highest BCUT2D eigenvalue weighted by molar-refractivity contribution is 8.25. The van der Waals surface area contributed by atoms with Crippen LogP contribution in [0.1, 0.15) is 35.7 Å². The van der Waals surface area contributed by atoms with Crippen LogP contribution < -0.4 is 25.0 Å². The molecule has 0 spiro atoms. The monoisotopic (exact) mass is 572 g/mol. The summed E-state index contributed by atoms with van der Waals surface area (Å²) in [5, 5.41) is 24.8. The van der Waals surface area contributed by atoms with Crippen molar-refractivity contribution in [3.05, 3.63) is 72.1 Å². The van der Waals surface area contributed by atoms with Crippen LogP contribution in [0.3, 0.4) is 0 Å². The number of benzene rings is 2. The SMILES string of the molecule is CCNc1cc(C(=O)N[C@@H](Cn2cccn2)[C@H](O)CNCc2cccc(OC)c2)cc(N2CCCCS2(O)O)c1. The van der Waals surface area contributed by atoms with Crippen molar-refractivity contribution in [1.29, 1.82) is 0 Å². The van der Waals surface area contributed by atoms with E-state index >= 15 is 0 Å². The second kappa shape index (κ2) is 13.9. The molecular formula is C28H40N6O5S. The van der Waals surface area contributed by atoms with Crippen molar-refractivity contribution >= 4 is 28.1 Å². The lowest BCUT2D eigenvalue weighted by atomic mass is 10.1. The van der Waals surface area contributed by atoms with E-state index in [-0.39, 0.29) is 19.0 Å². The fourth-order valence-electron chi connectivity index (χ4n) is 4.71. The molecule has 3 aromatic rings. The van der Waals surface area contributed by atoms with E-state index in [0.29, 0.717) is 42.3 Å². The third-order valence-electron chi connectivity index (χ3n) is 6.77. The van der Waals surface area contributed by atoms with Gasteiger partial charge in [-0.3, -0.25) is 22.9 Å². The number of methoxy groups -OCH3 is 1. The van der Waals surface area contributed by atoms with Crippen molar-refractivity contribution in [1.82, 2.24) is 20.4 Å². The Balaban J connectivity index is 1.50. The molecule has 0 radical (unpaired) electrons. The molecule has 0 unspecified atom stereocenters. The molecule has 0 aliphatic carbocycles. The molecule has 2 aromatic carbocycles. The summed E-state index contributed by atoms with van der Waals surface area (Å²) in [7, 11) is -1.33. The zero-order valence-electron chi connectivity index (χ0n) is 23.0. The van der Waals surface area contributed by atoms with Gasteiger partial charge in [0.25, 0.3) is 5.91 Å². The average Bonchev–Trinajstić information content (AvgIpc) is 3.45. The van der Waals surface area contributed by atoms with Crippen molar-refractivity contribution in [3.63, 3.8) is 0 Å². The van der Waals surface area contributed by atoms with Gasteiger partial charge in [-0.15, -0.1) is 10.8 Å². The zero-order chi connectivity index (χ0) is 28.5. The van der Waals surface area contributed by atoms with E-state index < -0.39 is 22.9 Å². The van der Waals surface area contributed by atoms with Gasteiger partial charge in [0.15, 0.2) is 0 Å². The Kier molecular flexibility index (Phi) is 10.3. The Bertz CT molecular complexity index is 1240. The molecule has 1 saturated heterocycles. The van der Waals surface area contributed by atoms with Crippen LogP contribution in [0.5, 0.6) is 5.75 Å². The normalized spacial score (nSPS) is 17.1. The van der Waals surface area contributed by atoms with Crippen LogP contribution in [0.25, 0.3) is 0 Å². The Labute approximate surface area is 237 Å². The van der Waals surface area contributed by atoms with Crippen molar-refractivity contribution < 1.29 is 23.7 Å². The third kappa shape index (κ3) is 7.89. The van der Waals surface area contributed by atoms with E-state index in [1.54, 1.807) is 46.7 Å². The van der Waals surface area contributed by atoms with Crippen LogP contribution >= 0.6 is 10.8 Å². The number of hydrogen-bond donors (Lipinski definition) is 6. The van der Waals surface area contributed by atoms with E-state index in [1.807, 2.05) is 37.3 Å². The first kappa shape index (κ1) is 29.7. The highest BCUT2D eigenvalue weighted by Gasteiger charge is 2.28. The van der Waals surface area contributed by atoms with Crippen LogP contribution in [-0.4, -0.2) is 74.5 Å². The number of aromatic nitrogens is 2. The summed E-state index contributed by atoms with van der Waals surface area (Å²) in [5.41, 5.74) is 2.65. The molecule has 1 amide bonds. The molecule has 0 saturated carbocycles. The van der Waals surface area contributed by atoms with Gasteiger partial charge in [0, 0.05) is 49.8 Å². The number of nitrogens with zero attached hydrogens (tertiary/aromatic N) is 3. The molecule has 6 N–H and O–H groups in total. The van der Waals surface area contributed by atoms with Gasteiger partial charge in [0.05, 0.1) is 37.2 Å². The minimum absolute atomic E-state index is 0.237. The summed E-state index contributed by atoms with van der Waals surface area (Å²) in [4.78, 5) is 13.6. The quantitative estimate of drug-likeness (QED) is 0.181. The number of carbonyl (C=O) groups excluding carboxylic acids is 1. The number of ether oxygens (including phenoxy) is 1. The Morgan fingerprint density at radius 1 is 1.18 bits per heavy atom. The number of aliphatic hydroxyl groups is 1. The highest BCUT2D eigenvalue weighted by atomic mass is 32.3. The van der Waals surface area contributed by atoms with Crippen LogP contribution in [0.2, 0.25) is 0 Å². The lowest BCUT2D eigenvalue weighted by Crippen LogP contribution is -2.49. The molecule has 1 aliphatic heterocycles. The van der Waals surface area contributed by atoms with Gasteiger partial charge in [-0.1, -0.05) is 12.1 Å². The fourth-order valence-corrected chi connectivity index (χ4v) is 6.39. The number of carbonyl (C=O) groups is 1. The minimum atomic E-state index is -2.95. The van der Waals surface area contributed by atoms with Crippen LogP contribution in [-0.2, 0) is 13.1 Å². The number of hydrogen-bond acceptors (Lipinski definition) is 9. The maximum atomic E-state index is 13.6. The second-order valence-electron chi connectivity index (χ2n) is 9.80. The lowest BCUT2D eigenvalue weighted by Gasteiger charge is -2.47. The minimum Gasteiger partial charge on any atom is -0.497 e. The van der Waals surface area contributed by atoms with Gasteiger partial charge in [-0.2, -0.15) is 5.10 Å². The summed E-state index contributed by atoms with van der Waals surface area (Å²) in [6.07, 6.45) is 4.10. The number of rotatable bonds is 13. The van der Waals surface area contributed by atoms with E-state index in [0.717, 1.165) is 24.2 Å². The summed E-state index contributed by atoms with van der Waals surface area (Å²) in [6, 6.07) is 14.1.